The van der Waals surface area contributed by atoms with Gasteiger partial charge in [-0.25, -0.2) is 0 Å². The number of hydrogen-bond donors (Lipinski definition) is 0. The van der Waals surface area contributed by atoms with Crippen LogP contribution in [0.25, 0.3) is 0 Å². The van der Waals surface area contributed by atoms with E-state index in [4.69, 9.17) is 9.73 Å². The zero-order valence-corrected chi connectivity index (χ0v) is 17.9. The summed E-state index contributed by atoms with van der Waals surface area (Å²) in [6.45, 7) is 8.08. The van der Waals surface area contributed by atoms with Crippen LogP contribution in [0.1, 0.15) is 42.2 Å². The maximum atomic E-state index is 5.52. The van der Waals surface area contributed by atoms with Crippen molar-refractivity contribution in [2.24, 2.45) is 4.99 Å². The second-order valence-electron chi connectivity index (χ2n) is 7.98. The second kappa shape index (κ2) is 8.00. The number of ether oxygens (including phenoxy) is 1. The molecule has 6 heteroatoms. The van der Waals surface area contributed by atoms with Crippen LogP contribution < -0.4 is 4.90 Å². The minimum Gasteiger partial charge on any atom is -0.378 e. The van der Waals surface area contributed by atoms with Crippen molar-refractivity contribution in [2.45, 2.75) is 38.4 Å². The Morgan fingerprint density at radius 1 is 1.17 bits per heavy atom. The molecular formula is C23H28N4OS. The van der Waals surface area contributed by atoms with E-state index in [2.05, 4.69) is 59.0 Å². The summed E-state index contributed by atoms with van der Waals surface area (Å²) in [7, 11) is 0. The fourth-order valence-corrected chi connectivity index (χ4v) is 6.03. The first kappa shape index (κ1) is 18.9. The molecule has 2 saturated heterocycles. The highest BCUT2D eigenvalue weighted by Gasteiger charge is 2.45. The third-order valence-corrected chi connectivity index (χ3v) is 7.40. The number of rotatable bonds is 4. The summed E-state index contributed by atoms with van der Waals surface area (Å²) in [5.74, 6) is 1.13. The molecule has 0 spiro atoms. The van der Waals surface area contributed by atoms with Gasteiger partial charge in [0, 0.05) is 36.8 Å². The van der Waals surface area contributed by atoms with Crippen LogP contribution in [0, 0.1) is 6.92 Å². The number of aromatic nitrogens is 1. The summed E-state index contributed by atoms with van der Waals surface area (Å²) < 4.78 is 5.52. The van der Waals surface area contributed by atoms with Crippen LogP contribution in [0.3, 0.4) is 0 Å². The highest BCUT2D eigenvalue weighted by Crippen LogP contribution is 2.49. The van der Waals surface area contributed by atoms with E-state index in [1.165, 1.54) is 22.0 Å². The lowest BCUT2D eigenvalue weighted by molar-refractivity contribution is 0.122. The summed E-state index contributed by atoms with van der Waals surface area (Å²) in [5.41, 5.74) is 5.07. The average Bonchev–Trinajstić information content (AvgIpc) is 3.34. The molecule has 2 fully saturated rings. The van der Waals surface area contributed by atoms with Crippen LogP contribution in [0.5, 0.6) is 0 Å². The molecule has 152 valence electrons. The number of anilines is 1. The monoisotopic (exact) mass is 408 g/mol. The molecule has 3 atom stereocenters. The molecular weight excluding hydrogens is 380 g/mol. The lowest BCUT2D eigenvalue weighted by Gasteiger charge is -2.34. The number of fused-ring (bicyclic) bond motifs is 1. The minimum absolute atomic E-state index is 0.0565. The normalized spacial score (nSPS) is 26.6. The van der Waals surface area contributed by atoms with Crippen LogP contribution in [0.2, 0.25) is 0 Å². The molecule has 0 amide bonds. The highest BCUT2D eigenvalue weighted by atomic mass is 32.2. The SMILES string of the molecule is CC[C@H]1CSC2=N[C@H](c3ccccn3)[C@@H](c3ccc(N4CCOCC4)cc3C)N21. The molecule has 1 aromatic carbocycles. The van der Waals surface area contributed by atoms with Crippen molar-refractivity contribution in [1.82, 2.24) is 9.88 Å². The molecule has 0 unspecified atom stereocenters. The zero-order chi connectivity index (χ0) is 19.8. The molecule has 3 aliphatic rings. The topological polar surface area (TPSA) is 41.0 Å². The molecule has 2 aromatic rings. The summed E-state index contributed by atoms with van der Waals surface area (Å²) in [6, 6.07) is 13.9. The Labute approximate surface area is 177 Å². The van der Waals surface area contributed by atoms with Crippen molar-refractivity contribution in [3.63, 3.8) is 0 Å². The van der Waals surface area contributed by atoms with Gasteiger partial charge < -0.3 is 14.5 Å². The smallest absolute Gasteiger partial charge is 0.160 e. The standard InChI is InChI=1S/C23H28N4OS/c1-3-17-15-29-23-25-21(20-6-4-5-9-24-20)22(27(17)23)19-8-7-18(14-16(19)2)26-10-12-28-13-11-26/h4-9,14,17,21-22H,3,10-13,15H2,1-2H3/t17-,21+,22+/m0/s1. The molecule has 0 saturated carbocycles. The summed E-state index contributed by atoms with van der Waals surface area (Å²) >= 11 is 1.90. The van der Waals surface area contributed by atoms with E-state index in [0.29, 0.717) is 6.04 Å². The summed E-state index contributed by atoms with van der Waals surface area (Å²) in [6.07, 6.45) is 3.03. The van der Waals surface area contributed by atoms with Crippen molar-refractivity contribution in [1.29, 1.82) is 0 Å². The van der Waals surface area contributed by atoms with Crippen molar-refractivity contribution < 1.29 is 4.74 Å². The van der Waals surface area contributed by atoms with Gasteiger partial charge in [-0.3, -0.25) is 9.98 Å². The van der Waals surface area contributed by atoms with Gasteiger partial charge in [0.2, 0.25) is 0 Å². The first-order chi connectivity index (χ1) is 14.3. The number of aryl methyl sites for hydroxylation is 1. The van der Waals surface area contributed by atoms with E-state index >= 15 is 0 Å². The predicted octanol–water partition coefficient (Wildman–Crippen LogP) is 4.21. The molecule has 5 rings (SSSR count). The molecule has 1 aromatic heterocycles. The van der Waals surface area contributed by atoms with Gasteiger partial charge >= 0.3 is 0 Å². The number of aliphatic imine (C=N–C) groups is 1. The fourth-order valence-electron chi connectivity index (χ4n) is 4.70. The molecule has 0 radical (unpaired) electrons. The maximum Gasteiger partial charge on any atom is 0.160 e. The largest absolute Gasteiger partial charge is 0.378 e. The average molecular weight is 409 g/mol. The summed E-state index contributed by atoms with van der Waals surface area (Å²) in [5, 5.41) is 1.19. The number of hydrogen-bond acceptors (Lipinski definition) is 6. The Balaban J connectivity index is 1.52. The van der Waals surface area contributed by atoms with Crippen molar-refractivity contribution in [2.75, 3.05) is 37.0 Å². The van der Waals surface area contributed by atoms with Crippen LogP contribution in [-0.4, -0.2) is 53.1 Å². The molecule has 3 aliphatic heterocycles. The number of thioether (sulfide) groups is 1. The van der Waals surface area contributed by atoms with Crippen molar-refractivity contribution in [3.8, 4) is 0 Å². The Morgan fingerprint density at radius 3 is 2.76 bits per heavy atom. The molecule has 5 nitrogen and oxygen atoms in total. The number of amidine groups is 1. The van der Waals surface area contributed by atoms with Gasteiger partial charge in [-0.05, 0) is 48.7 Å². The molecule has 4 heterocycles. The lowest BCUT2D eigenvalue weighted by atomic mass is 9.91. The van der Waals surface area contributed by atoms with Crippen LogP contribution in [0.15, 0.2) is 47.6 Å². The fraction of sp³-hybridized carbons (Fsp3) is 0.478. The molecule has 29 heavy (non-hydrogen) atoms. The maximum absolute atomic E-state index is 5.52. The van der Waals surface area contributed by atoms with Gasteiger partial charge in [0.25, 0.3) is 0 Å². The Hall–Kier alpha value is -2.05. The minimum atomic E-state index is 0.0565. The molecule has 0 bridgehead atoms. The molecule has 0 aliphatic carbocycles. The first-order valence-corrected chi connectivity index (χ1v) is 11.6. The van der Waals surface area contributed by atoms with Gasteiger partial charge in [0.1, 0.15) is 6.04 Å². The van der Waals surface area contributed by atoms with Gasteiger partial charge in [-0.2, -0.15) is 0 Å². The zero-order valence-electron chi connectivity index (χ0n) is 17.1. The number of pyridine rings is 1. The van der Waals surface area contributed by atoms with Crippen molar-refractivity contribution in [3.05, 3.63) is 59.4 Å². The number of nitrogens with zero attached hydrogens (tertiary/aromatic N) is 4. The summed E-state index contributed by atoms with van der Waals surface area (Å²) in [4.78, 5) is 14.8. The Morgan fingerprint density at radius 2 is 2.03 bits per heavy atom. The van der Waals surface area contributed by atoms with E-state index in [9.17, 15) is 0 Å². The van der Waals surface area contributed by atoms with Crippen molar-refractivity contribution >= 4 is 22.6 Å². The first-order valence-electron chi connectivity index (χ1n) is 10.6. The van der Waals surface area contributed by atoms with Crippen LogP contribution in [-0.2, 0) is 4.74 Å². The lowest BCUT2D eigenvalue weighted by Crippen LogP contribution is -2.37. The van der Waals surface area contributed by atoms with E-state index < -0.39 is 0 Å². The van der Waals surface area contributed by atoms with Crippen LogP contribution in [0.4, 0.5) is 5.69 Å². The quantitative estimate of drug-likeness (QED) is 0.758. The van der Waals surface area contributed by atoms with Gasteiger partial charge in [-0.1, -0.05) is 30.8 Å². The van der Waals surface area contributed by atoms with E-state index in [0.717, 1.165) is 44.2 Å². The molecule has 0 N–H and O–H groups in total. The van der Waals surface area contributed by atoms with Gasteiger partial charge in [0.05, 0.1) is 24.9 Å². The number of benzene rings is 1. The third kappa shape index (κ3) is 3.42. The highest BCUT2D eigenvalue weighted by molar-refractivity contribution is 8.14. The van der Waals surface area contributed by atoms with Crippen LogP contribution >= 0.6 is 11.8 Å². The van der Waals surface area contributed by atoms with Gasteiger partial charge in [-0.15, -0.1) is 0 Å². The predicted molar refractivity (Wildman–Crippen MR) is 120 cm³/mol. The van der Waals surface area contributed by atoms with E-state index in [-0.39, 0.29) is 12.1 Å². The van der Waals surface area contributed by atoms with E-state index in [1.54, 1.807) is 0 Å². The number of morpholine rings is 1. The Bertz CT molecular complexity index is 897. The third-order valence-electron chi connectivity index (χ3n) is 6.28. The second-order valence-corrected chi connectivity index (χ2v) is 8.96. The van der Waals surface area contributed by atoms with E-state index in [1.807, 2.05) is 24.0 Å². The van der Waals surface area contributed by atoms with Gasteiger partial charge in [0.15, 0.2) is 5.17 Å². The Kier molecular flexibility index (Phi) is 5.22.